The van der Waals surface area contributed by atoms with Crippen molar-refractivity contribution in [3.05, 3.63) is 47.8 Å². The number of methoxy groups -OCH3 is 1. The molecule has 0 N–H and O–H groups in total. The highest BCUT2D eigenvalue weighted by atomic mass is 19.3. The van der Waals surface area contributed by atoms with E-state index >= 15 is 0 Å². The number of carbonyl (C=O) groups excluding carboxylic acids is 1. The van der Waals surface area contributed by atoms with Gasteiger partial charge in [0.1, 0.15) is 0 Å². The van der Waals surface area contributed by atoms with Crippen LogP contribution in [0.4, 0.5) is 14.5 Å². The number of rotatable bonds is 4. The molecule has 1 saturated heterocycles. The van der Waals surface area contributed by atoms with Crippen molar-refractivity contribution in [3.8, 4) is 5.69 Å². The summed E-state index contributed by atoms with van der Waals surface area (Å²) in [6.07, 6.45) is 3.62. The summed E-state index contributed by atoms with van der Waals surface area (Å²) in [5.74, 6) is -2.85. The minimum Gasteiger partial charge on any atom is -0.464 e. The molecule has 0 bridgehead atoms. The number of aromatic nitrogens is 3. The van der Waals surface area contributed by atoms with Crippen molar-refractivity contribution in [1.82, 2.24) is 14.8 Å². The average Bonchev–Trinajstić information content (AvgIpc) is 3.08. The maximum Gasteiger partial charge on any atom is 0.356 e. The SMILES string of the molecule is COC(=O)c1cc(N2CCC3(C2)CC3(F)F)c2c(C3CCC3)nn(-c3ccccc3)c2n1. The van der Waals surface area contributed by atoms with E-state index in [0.717, 1.165) is 41.7 Å². The van der Waals surface area contributed by atoms with E-state index in [-0.39, 0.29) is 18.7 Å². The Labute approximate surface area is 184 Å². The van der Waals surface area contributed by atoms with E-state index in [0.29, 0.717) is 24.5 Å². The zero-order valence-corrected chi connectivity index (χ0v) is 17.9. The van der Waals surface area contributed by atoms with E-state index in [2.05, 4.69) is 4.98 Å². The van der Waals surface area contributed by atoms with Gasteiger partial charge in [-0.25, -0.2) is 23.2 Å². The molecule has 3 heterocycles. The van der Waals surface area contributed by atoms with Crippen LogP contribution in [0.2, 0.25) is 0 Å². The molecule has 3 fully saturated rings. The lowest BCUT2D eigenvalue weighted by Gasteiger charge is -2.26. The number of alkyl halides is 2. The molecule has 8 heteroatoms. The third-order valence-electron chi connectivity index (χ3n) is 7.44. The third-order valence-corrected chi connectivity index (χ3v) is 7.44. The Balaban J connectivity index is 1.57. The highest BCUT2D eigenvalue weighted by molar-refractivity contribution is 5.99. The van der Waals surface area contributed by atoms with Crippen LogP contribution in [0.1, 0.15) is 54.2 Å². The van der Waals surface area contributed by atoms with Gasteiger partial charge in [-0.15, -0.1) is 0 Å². The van der Waals surface area contributed by atoms with Crippen molar-refractivity contribution in [3.63, 3.8) is 0 Å². The fourth-order valence-electron chi connectivity index (χ4n) is 5.20. The number of carbonyl (C=O) groups is 1. The van der Waals surface area contributed by atoms with Gasteiger partial charge in [0.2, 0.25) is 0 Å². The van der Waals surface area contributed by atoms with Gasteiger partial charge in [0, 0.05) is 25.4 Å². The molecule has 166 valence electrons. The first-order valence-electron chi connectivity index (χ1n) is 11.1. The molecule has 2 aromatic heterocycles. The molecule has 32 heavy (non-hydrogen) atoms. The lowest BCUT2D eigenvalue weighted by molar-refractivity contribution is 0.0594. The van der Waals surface area contributed by atoms with Crippen LogP contribution in [-0.4, -0.2) is 46.9 Å². The van der Waals surface area contributed by atoms with Gasteiger partial charge in [0.25, 0.3) is 5.92 Å². The molecule has 1 unspecified atom stereocenters. The number of nitrogens with zero attached hydrogens (tertiary/aromatic N) is 4. The summed E-state index contributed by atoms with van der Waals surface area (Å²) in [5.41, 5.74) is 2.34. The van der Waals surface area contributed by atoms with Gasteiger partial charge in [-0.05, 0) is 37.5 Å². The lowest BCUT2D eigenvalue weighted by atomic mass is 9.82. The van der Waals surface area contributed by atoms with Gasteiger partial charge in [-0.1, -0.05) is 24.6 Å². The van der Waals surface area contributed by atoms with Crippen molar-refractivity contribution in [1.29, 1.82) is 0 Å². The normalized spacial score (nSPS) is 24.2. The Morgan fingerprint density at radius 3 is 2.56 bits per heavy atom. The third kappa shape index (κ3) is 2.77. The van der Waals surface area contributed by atoms with Crippen LogP contribution < -0.4 is 4.90 Å². The number of fused-ring (bicyclic) bond motifs is 1. The predicted molar refractivity (Wildman–Crippen MR) is 116 cm³/mol. The Morgan fingerprint density at radius 1 is 1.22 bits per heavy atom. The van der Waals surface area contributed by atoms with Crippen molar-refractivity contribution in [2.75, 3.05) is 25.1 Å². The number of esters is 1. The first kappa shape index (κ1) is 19.6. The molecule has 2 aliphatic carbocycles. The Morgan fingerprint density at radius 2 is 1.97 bits per heavy atom. The molecule has 2 saturated carbocycles. The molecule has 6 nitrogen and oxygen atoms in total. The van der Waals surface area contributed by atoms with Crippen LogP contribution in [0, 0.1) is 5.41 Å². The van der Waals surface area contributed by atoms with Crippen LogP contribution in [0.3, 0.4) is 0 Å². The topological polar surface area (TPSA) is 60.2 Å². The molecule has 6 rings (SSSR count). The van der Waals surface area contributed by atoms with E-state index < -0.39 is 17.3 Å². The fourth-order valence-corrected chi connectivity index (χ4v) is 5.20. The first-order chi connectivity index (χ1) is 15.4. The number of hydrogen-bond acceptors (Lipinski definition) is 5. The van der Waals surface area contributed by atoms with E-state index in [1.54, 1.807) is 10.7 Å². The zero-order chi connectivity index (χ0) is 22.1. The second-order valence-corrected chi connectivity index (χ2v) is 9.31. The van der Waals surface area contributed by atoms with Gasteiger partial charge in [-0.3, -0.25) is 0 Å². The molecular formula is C24H24F2N4O2. The van der Waals surface area contributed by atoms with Gasteiger partial charge in [0.05, 0.1) is 35.0 Å². The van der Waals surface area contributed by atoms with E-state index in [4.69, 9.17) is 9.84 Å². The zero-order valence-electron chi connectivity index (χ0n) is 17.9. The van der Waals surface area contributed by atoms with E-state index in [1.807, 2.05) is 35.2 Å². The number of ether oxygens (including phenoxy) is 1. The number of benzene rings is 1. The summed E-state index contributed by atoms with van der Waals surface area (Å²) in [6.45, 7) is 0.802. The summed E-state index contributed by atoms with van der Waals surface area (Å²) in [4.78, 5) is 19.1. The average molecular weight is 438 g/mol. The van der Waals surface area contributed by atoms with Crippen molar-refractivity contribution in [2.45, 2.75) is 43.9 Å². The minimum atomic E-state index is -2.61. The minimum absolute atomic E-state index is 0.0622. The number of pyridine rings is 1. The number of para-hydroxylation sites is 1. The second kappa shape index (κ2) is 6.73. The summed E-state index contributed by atoms with van der Waals surface area (Å²) >= 11 is 0. The summed E-state index contributed by atoms with van der Waals surface area (Å²) in [5, 5.41) is 5.82. The number of anilines is 1. The van der Waals surface area contributed by atoms with Crippen molar-refractivity contribution >= 4 is 22.7 Å². The number of halogens is 2. The second-order valence-electron chi connectivity index (χ2n) is 9.31. The molecule has 3 aromatic rings. The lowest BCUT2D eigenvalue weighted by Crippen LogP contribution is -2.23. The van der Waals surface area contributed by atoms with Crippen LogP contribution >= 0.6 is 0 Å². The van der Waals surface area contributed by atoms with E-state index in [1.165, 1.54) is 7.11 Å². The highest BCUT2D eigenvalue weighted by Gasteiger charge is 2.72. The summed E-state index contributed by atoms with van der Waals surface area (Å²) < 4.78 is 35.0. The van der Waals surface area contributed by atoms with E-state index in [9.17, 15) is 13.6 Å². The largest absolute Gasteiger partial charge is 0.464 e. The van der Waals surface area contributed by atoms with Crippen LogP contribution in [0.5, 0.6) is 0 Å². The van der Waals surface area contributed by atoms with Gasteiger partial charge < -0.3 is 9.64 Å². The smallest absolute Gasteiger partial charge is 0.356 e. The molecule has 3 aliphatic rings. The standard InChI is InChI=1S/C24H24F2N4O2/c1-32-22(31)17-12-18(29-11-10-23(14-29)13-24(23,25)26)19-20(15-6-5-7-15)28-30(21(19)27-17)16-8-3-2-4-9-16/h2-4,8-9,12,15H,5-7,10-11,13-14H2,1H3. The van der Waals surface area contributed by atoms with Crippen LogP contribution in [0.15, 0.2) is 36.4 Å². The molecular weight excluding hydrogens is 414 g/mol. The quantitative estimate of drug-likeness (QED) is 0.552. The fraction of sp³-hybridized carbons (Fsp3) is 0.458. The molecule has 1 aromatic carbocycles. The monoisotopic (exact) mass is 438 g/mol. The summed E-state index contributed by atoms with van der Waals surface area (Å²) in [6, 6.07) is 11.4. The van der Waals surface area contributed by atoms with Crippen molar-refractivity contribution in [2.24, 2.45) is 5.41 Å². The Hall–Kier alpha value is -3.03. The van der Waals surface area contributed by atoms with Crippen molar-refractivity contribution < 1.29 is 18.3 Å². The molecule has 1 aliphatic heterocycles. The predicted octanol–water partition coefficient (Wildman–Crippen LogP) is 4.71. The molecule has 0 amide bonds. The van der Waals surface area contributed by atoms with Gasteiger partial charge in [-0.2, -0.15) is 5.10 Å². The van der Waals surface area contributed by atoms with Crippen LogP contribution in [-0.2, 0) is 4.74 Å². The van der Waals surface area contributed by atoms with Gasteiger partial charge >= 0.3 is 5.97 Å². The van der Waals surface area contributed by atoms with Crippen LogP contribution in [0.25, 0.3) is 16.7 Å². The molecule has 1 spiro atoms. The Bertz CT molecular complexity index is 1220. The maximum absolute atomic E-state index is 14.1. The summed E-state index contributed by atoms with van der Waals surface area (Å²) in [7, 11) is 1.32. The number of hydrogen-bond donors (Lipinski definition) is 0. The Kier molecular flexibility index (Phi) is 4.13. The highest BCUT2D eigenvalue weighted by Crippen LogP contribution is 2.65. The molecule has 1 atom stereocenters. The molecule has 0 radical (unpaired) electrons. The maximum atomic E-state index is 14.1. The van der Waals surface area contributed by atoms with Gasteiger partial charge in [0.15, 0.2) is 11.3 Å². The first-order valence-corrected chi connectivity index (χ1v) is 11.1.